The molecular weight excluding hydrogens is 178 g/mol. The lowest BCUT2D eigenvalue weighted by Crippen LogP contribution is -1.95. The molecule has 80 valence electrons. The third-order valence-electron chi connectivity index (χ3n) is 1.44. The molecule has 3 nitrogen and oxygen atoms in total. The highest BCUT2D eigenvalue weighted by atomic mass is 16.5. The molecule has 0 radical (unpaired) electrons. The van der Waals surface area contributed by atoms with Crippen molar-refractivity contribution in [2.24, 2.45) is 0 Å². The van der Waals surface area contributed by atoms with E-state index in [0.717, 1.165) is 12.2 Å². The minimum Gasteiger partial charge on any atom is -0.492 e. The van der Waals surface area contributed by atoms with E-state index in [-0.39, 0.29) is 0 Å². The number of benzene rings is 1. The van der Waals surface area contributed by atoms with Crippen LogP contribution in [0.25, 0.3) is 0 Å². The third kappa shape index (κ3) is 5.43. The number of hydrogen-bond acceptors (Lipinski definition) is 3. The summed E-state index contributed by atoms with van der Waals surface area (Å²) in [4.78, 5) is 0. The van der Waals surface area contributed by atoms with Gasteiger partial charge in [0.1, 0.15) is 5.75 Å². The second-order valence-corrected chi connectivity index (χ2v) is 2.69. The fourth-order valence-corrected chi connectivity index (χ4v) is 0.767. The fraction of sp³-hybridized carbons (Fsp3) is 0.455. The zero-order valence-corrected chi connectivity index (χ0v) is 8.86. The Balaban J connectivity index is 0.000000364. The van der Waals surface area contributed by atoms with Crippen molar-refractivity contribution < 1.29 is 9.84 Å². The van der Waals surface area contributed by atoms with Crippen LogP contribution in [0.3, 0.4) is 0 Å². The lowest BCUT2D eigenvalue weighted by Gasteiger charge is -2.04. The maximum absolute atomic E-state index is 7.88. The van der Waals surface area contributed by atoms with Gasteiger partial charge in [0.05, 0.1) is 12.3 Å². The van der Waals surface area contributed by atoms with E-state index in [9.17, 15) is 0 Å². The number of rotatable bonds is 3. The minimum absolute atomic E-state index is 0.319. The minimum atomic E-state index is 0.319. The zero-order valence-electron chi connectivity index (χ0n) is 8.86. The van der Waals surface area contributed by atoms with E-state index in [2.05, 4.69) is 0 Å². The Labute approximate surface area is 85.5 Å². The van der Waals surface area contributed by atoms with Crippen molar-refractivity contribution in [2.75, 3.05) is 18.9 Å². The monoisotopic (exact) mass is 197 g/mol. The second-order valence-electron chi connectivity index (χ2n) is 2.69. The summed E-state index contributed by atoms with van der Waals surface area (Å²) in [5.74, 6) is 0.769. The van der Waals surface area contributed by atoms with Crippen molar-refractivity contribution >= 4 is 5.69 Å². The average molecular weight is 197 g/mol. The molecule has 0 saturated heterocycles. The van der Waals surface area contributed by atoms with Crippen LogP contribution in [0.2, 0.25) is 0 Å². The predicted molar refractivity (Wildman–Crippen MR) is 59.4 cm³/mol. The second kappa shape index (κ2) is 8.38. The van der Waals surface area contributed by atoms with Crippen molar-refractivity contribution in [2.45, 2.75) is 20.3 Å². The SMILES string of the molecule is CCCO.CCOc1ccccc1N. The van der Waals surface area contributed by atoms with Crippen molar-refractivity contribution in [1.29, 1.82) is 0 Å². The predicted octanol–water partition coefficient (Wildman–Crippen LogP) is 2.06. The maximum atomic E-state index is 7.88. The molecule has 0 fully saturated rings. The summed E-state index contributed by atoms with van der Waals surface area (Å²) in [5, 5.41) is 7.88. The molecule has 0 saturated carbocycles. The fourth-order valence-electron chi connectivity index (χ4n) is 0.767. The van der Waals surface area contributed by atoms with Gasteiger partial charge >= 0.3 is 0 Å². The summed E-state index contributed by atoms with van der Waals surface area (Å²) in [6, 6.07) is 7.48. The summed E-state index contributed by atoms with van der Waals surface area (Å²) in [7, 11) is 0. The van der Waals surface area contributed by atoms with Gasteiger partial charge in [-0.3, -0.25) is 0 Å². The molecule has 0 aromatic heterocycles. The number of anilines is 1. The summed E-state index contributed by atoms with van der Waals surface area (Å²) >= 11 is 0. The Morgan fingerprint density at radius 3 is 2.29 bits per heavy atom. The number of para-hydroxylation sites is 2. The number of nitrogens with two attached hydrogens (primary N) is 1. The third-order valence-corrected chi connectivity index (χ3v) is 1.44. The molecule has 0 spiro atoms. The summed E-state index contributed by atoms with van der Waals surface area (Å²) in [6.45, 7) is 4.85. The van der Waals surface area contributed by atoms with E-state index >= 15 is 0 Å². The van der Waals surface area contributed by atoms with Crippen LogP contribution in [-0.4, -0.2) is 18.3 Å². The molecule has 3 N–H and O–H groups in total. The van der Waals surface area contributed by atoms with Crippen LogP contribution in [-0.2, 0) is 0 Å². The van der Waals surface area contributed by atoms with Crippen molar-refractivity contribution in [3.05, 3.63) is 24.3 Å². The first-order chi connectivity index (χ1) is 6.76. The Hall–Kier alpha value is -1.22. The van der Waals surface area contributed by atoms with Gasteiger partial charge in [-0.25, -0.2) is 0 Å². The van der Waals surface area contributed by atoms with Crippen molar-refractivity contribution in [3.8, 4) is 5.75 Å². The first-order valence-corrected chi connectivity index (χ1v) is 4.84. The van der Waals surface area contributed by atoms with Crippen LogP contribution in [0, 0.1) is 0 Å². The van der Waals surface area contributed by atoms with Crippen LogP contribution in [0.15, 0.2) is 24.3 Å². The van der Waals surface area contributed by atoms with Crippen molar-refractivity contribution in [1.82, 2.24) is 0 Å². The molecule has 0 aliphatic carbocycles. The number of hydrogen-bond donors (Lipinski definition) is 2. The molecular formula is C11H19NO2. The molecule has 0 amide bonds. The van der Waals surface area contributed by atoms with E-state index in [0.29, 0.717) is 18.9 Å². The molecule has 0 bridgehead atoms. The number of aliphatic hydroxyl groups is 1. The van der Waals surface area contributed by atoms with E-state index in [1.807, 2.05) is 38.1 Å². The molecule has 0 atom stereocenters. The summed E-state index contributed by atoms with van der Waals surface area (Å²) in [6.07, 6.45) is 0.875. The van der Waals surface area contributed by atoms with E-state index in [1.54, 1.807) is 0 Å². The van der Waals surface area contributed by atoms with Crippen LogP contribution >= 0.6 is 0 Å². The molecule has 14 heavy (non-hydrogen) atoms. The summed E-state index contributed by atoms with van der Waals surface area (Å²) < 4.78 is 5.21. The first-order valence-electron chi connectivity index (χ1n) is 4.84. The number of ether oxygens (including phenoxy) is 1. The van der Waals surface area contributed by atoms with Gasteiger partial charge in [0.25, 0.3) is 0 Å². The topological polar surface area (TPSA) is 55.5 Å². The lowest BCUT2D eigenvalue weighted by molar-refractivity contribution is 0.295. The molecule has 1 aromatic carbocycles. The molecule has 0 aliphatic rings. The van der Waals surface area contributed by atoms with Gasteiger partial charge in [-0.05, 0) is 25.5 Å². The lowest BCUT2D eigenvalue weighted by atomic mass is 10.3. The van der Waals surface area contributed by atoms with Crippen LogP contribution in [0.1, 0.15) is 20.3 Å². The van der Waals surface area contributed by atoms with E-state index in [1.165, 1.54) is 0 Å². The average Bonchev–Trinajstić information content (AvgIpc) is 2.22. The highest BCUT2D eigenvalue weighted by Crippen LogP contribution is 2.18. The van der Waals surface area contributed by atoms with E-state index in [4.69, 9.17) is 15.6 Å². The Morgan fingerprint density at radius 2 is 1.86 bits per heavy atom. The number of nitrogen functional groups attached to an aromatic ring is 1. The highest BCUT2D eigenvalue weighted by Gasteiger charge is 1.93. The van der Waals surface area contributed by atoms with Gasteiger partial charge in [-0.2, -0.15) is 0 Å². The first kappa shape index (κ1) is 12.8. The van der Waals surface area contributed by atoms with Gasteiger partial charge in [-0.1, -0.05) is 19.1 Å². The largest absolute Gasteiger partial charge is 0.492 e. The van der Waals surface area contributed by atoms with Gasteiger partial charge in [0, 0.05) is 6.61 Å². The van der Waals surface area contributed by atoms with Gasteiger partial charge in [0.2, 0.25) is 0 Å². The Kier molecular flexibility index (Phi) is 7.65. The zero-order chi connectivity index (χ0) is 10.8. The summed E-state index contributed by atoms with van der Waals surface area (Å²) in [5.41, 5.74) is 6.28. The molecule has 0 aliphatic heterocycles. The molecule has 1 aromatic rings. The van der Waals surface area contributed by atoms with Crippen molar-refractivity contribution in [3.63, 3.8) is 0 Å². The van der Waals surface area contributed by atoms with Gasteiger partial charge in [-0.15, -0.1) is 0 Å². The van der Waals surface area contributed by atoms with Gasteiger partial charge in [0.15, 0.2) is 0 Å². The maximum Gasteiger partial charge on any atom is 0.142 e. The Bertz CT molecular complexity index is 236. The standard InChI is InChI=1S/C8H11NO.C3H8O/c1-2-10-8-6-4-3-5-7(8)9;1-2-3-4/h3-6H,2,9H2,1H3;4H,2-3H2,1H3. The van der Waals surface area contributed by atoms with E-state index < -0.39 is 0 Å². The van der Waals surface area contributed by atoms with Crippen LogP contribution in [0.4, 0.5) is 5.69 Å². The number of aliphatic hydroxyl groups excluding tert-OH is 1. The van der Waals surface area contributed by atoms with Gasteiger partial charge < -0.3 is 15.6 Å². The molecule has 1 rings (SSSR count). The Morgan fingerprint density at radius 1 is 1.29 bits per heavy atom. The quantitative estimate of drug-likeness (QED) is 0.729. The highest BCUT2D eigenvalue weighted by molar-refractivity contribution is 5.51. The molecule has 0 unspecified atom stereocenters. The smallest absolute Gasteiger partial charge is 0.142 e. The normalized spacial score (nSPS) is 8.79. The van der Waals surface area contributed by atoms with Crippen LogP contribution in [0.5, 0.6) is 5.75 Å². The molecule has 0 heterocycles. The molecule has 3 heteroatoms. The van der Waals surface area contributed by atoms with Crippen LogP contribution < -0.4 is 10.5 Å².